The Morgan fingerprint density at radius 3 is 2.47 bits per heavy atom. The first-order valence-electron chi connectivity index (χ1n) is 4.98. The molecule has 1 rings (SSSR count). The summed E-state index contributed by atoms with van der Waals surface area (Å²) in [5, 5.41) is 0. The molecule has 0 atom stereocenters. The molecule has 0 unspecified atom stereocenters. The number of hydrogen-bond acceptors (Lipinski definition) is 4. The molecule has 0 aliphatic carbocycles. The molecule has 0 radical (unpaired) electrons. The van der Waals surface area contributed by atoms with Crippen molar-refractivity contribution in [2.75, 3.05) is 7.11 Å². The smallest absolute Gasteiger partial charge is 0.316 e. The van der Waals surface area contributed by atoms with Crippen LogP contribution in [-0.4, -0.2) is 22.9 Å². The second kappa shape index (κ2) is 5.44. The van der Waals surface area contributed by atoms with Gasteiger partial charge in [0.15, 0.2) is 0 Å². The van der Waals surface area contributed by atoms with Crippen molar-refractivity contribution in [2.24, 2.45) is 5.92 Å². The van der Waals surface area contributed by atoms with Crippen molar-refractivity contribution in [3.8, 4) is 6.01 Å². The van der Waals surface area contributed by atoms with Crippen LogP contribution in [0.4, 0.5) is 0 Å². The van der Waals surface area contributed by atoms with E-state index >= 15 is 0 Å². The number of methoxy groups -OCH3 is 1. The van der Waals surface area contributed by atoms with Gasteiger partial charge in [0, 0.05) is 25.2 Å². The number of ether oxygens (including phenoxy) is 1. The predicted octanol–water partition coefficient (Wildman–Crippen LogP) is 1.64. The third kappa shape index (κ3) is 4.06. The average molecular weight is 208 g/mol. The van der Waals surface area contributed by atoms with E-state index in [-0.39, 0.29) is 5.78 Å². The molecule has 0 amide bonds. The number of nitrogens with zero attached hydrogens (tertiary/aromatic N) is 2. The van der Waals surface area contributed by atoms with Crippen molar-refractivity contribution in [2.45, 2.75) is 26.7 Å². The van der Waals surface area contributed by atoms with Crippen LogP contribution < -0.4 is 4.74 Å². The molecule has 0 fully saturated rings. The lowest BCUT2D eigenvalue weighted by atomic mass is 10.0. The summed E-state index contributed by atoms with van der Waals surface area (Å²) in [7, 11) is 1.51. The van der Waals surface area contributed by atoms with E-state index in [4.69, 9.17) is 4.74 Å². The van der Waals surface area contributed by atoms with E-state index in [1.54, 1.807) is 12.4 Å². The van der Waals surface area contributed by atoms with E-state index in [1.807, 2.05) is 13.8 Å². The first-order chi connectivity index (χ1) is 7.11. The zero-order chi connectivity index (χ0) is 11.3. The van der Waals surface area contributed by atoms with Crippen LogP contribution in [0.3, 0.4) is 0 Å². The molecule has 0 saturated carbocycles. The fourth-order valence-electron chi connectivity index (χ4n) is 1.29. The summed E-state index contributed by atoms with van der Waals surface area (Å²) in [5.74, 6) is 0.621. The Bertz CT molecular complexity index is 320. The van der Waals surface area contributed by atoms with Crippen molar-refractivity contribution in [1.82, 2.24) is 9.97 Å². The Labute approximate surface area is 89.7 Å². The molecule has 82 valence electrons. The van der Waals surface area contributed by atoms with Gasteiger partial charge in [-0.1, -0.05) is 13.8 Å². The maximum Gasteiger partial charge on any atom is 0.316 e. The highest BCUT2D eigenvalue weighted by Crippen LogP contribution is 2.07. The van der Waals surface area contributed by atoms with Gasteiger partial charge >= 0.3 is 6.01 Å². The number of Topliss-reactive ketones (excluding diaryl/α,β-unsaturated/α-hetero) is 1. The van der Waals surface area contributed by atoms with Crippen LogP contribution in [0.2, 0.25) is 0 Å². The summed E-state index contributed by atoms with van der Waals surface area (Å²) < 4.78 is 4.83. The van der Waals surface area contributed by atoms with Crippen LogP contribution in [0.5, 0.6) is 6.01 Å². The standard InChI is InChI=1S/C11H16N2O2/c1-8(2)4-10(14)5-9-6-12-11(15-3)13-7-9/h6-8H,4-5H2,1-3H3. The Morgan fingerprint density at radius 1 is 1.40 bits per heavy atom. The molecule has 1 aromatic heterocycles. The van der Waals surface area contributed by atoms with Crippen LogP contribution in [-0.2, 0) is 11.2 Å². The fraction of sp³-hybridized carbons (Fsp3) is 0.545. The Balaban J connectivity index is 2.53. The molecule has 0 aliphatic rings. The van der Waals surface area contributed by atoms with Gasteiger partial charge in [0.2, 0.25) is 0 Å². The second-order valence-corrected chi connectivity index (χ2v) is 3.89. The monoisotopic (exact) mass is 208 g/mol. The summed E-state index contributed by atoms with van der Waals surface area (Å²) in [4.78, 5) is 19.4. The van der Waals surface area contributed by atoms with Gasteiger partial charge in [-0.05, 0) is 11.5 Å². The highest BCUT2D eigenvalue weighted by Gasteiger charge is 2.07. The second-order valence-electron chi connectivity index (χ2n) is 3.89. The molecule has 1 heterocycles. The van der Waals surface area contributed by atoms with Gasteiger partial charge in [-0.15, -0.1) is 0 Å². The van der Waals surface area contributed by atoms with Gasteiger partial charge in [0.1, 0.15) is 5.78 Å². The molecule has 0 bridgehead atoms. The fourth-order valence-corrected chi connectivity index (χ4v) is 1.29. The van der Waals surface area contributed by atoms with E-state index in [2.05, 4.69) is 9.97 Å². The van der Waals surface area contributed by atoms with Crippen LogP contribution in [0.1, 0.15) is 25.8 Å². The minimum atomic E-state index is 0.221. The first kappa shape index (κ1) is 11.6. The van der Waals surface area contributed by atoms with Crippen molar-refractivity contribution in [3.05, 3.63) is 18.0 Å². The van der Waals surface area contributed by atoms with E-state index in [9.17, 15) is 4.79 Å². The minimum absolute atomic E-state index is 0.221. The van der Waals surface area contributed by atoms with Gasteiger partial charge < -0.3 is 4.74 Å². The molecule has 0 spiro atoms. The topological polar surface area (TPSA) is 52.1 Å². The quantitative estimate of drug-likeness (QED) is 0.738. The predicted molar refractivity (Wildman–Crippen MR) is 56.8 cm³/mol. The largest absolute Gasteiger partial charge is 0.467 e. The third-order valence-corrected chi connectivity index (χ3v) is 1.90. The van der Waals surface area contributed by atoms with E-state index in [0.717, 1.165) is 5.56 Å². The lowest BCUT2D eigenvalue weighted by Crippen LogP contribution is -2.07. The molecule has 0 aromatic carbocycles. The summed E-state index contributed by atoms with van der Waals surface area (Å²) in [6, 6.07) is 0.329. The lowest BCUT2D eigenvalue weighted by Gasteiger charge is -2.03. The number of hydrogen-bond donors (Lipinski definition) is 0. The average Bonchev–Trinajstić information content (AvgIpc) is 2.17. The Kier molecular flexibility index (Phi) is 4.21. The van der Waals surface area contributed by atoms with Gasteiger partial charge in [0.25, 0.3) is 0 Å². The maximum absolute atomic E-state index is 11.5. The first-order valence-corrected chi connectivity index (χ1v) is 4.98. The molecule has 0 aliphatic heterocycles. The SMILES string of the molecule is COc1ncc(CC(=O)CC(C)C)cn1. The van der Waals surface area contributed by atoms with Crippen molar-refractivity contribution >= 4 is 5.78 Å². The lowest BCUT2D eigenvalue weighted by molar-refractivity contribution is -0.119. The summed E-state index contributed by atoms with van der Waals surface area (Å²) in [6.07, 6.45) is 4.27. The van der Waals surface area contributed by atoms with Crippen LogP contribution in [0.25, 0.3) is 0 Å². The Morgan fingerprint density at radius 2 is 2.00 bits per heavy atom. The molecule has 4 heteroatoms. The van der Waals surface area contributed by atoms with E-state index in [0.29, 0.717) is 24.8 Å². The zero-order valence-electron chi connectivity index (χ0n) is 9.36. The van der Waals surface area contributed by atoms with Crippen molar-refractivity contribution < 1.29 is 9.53 Å². The van der Waals surface area contributed by atoms with Crippen LogP contribution in [0, 0.1) is 5.92 Å². The normalized spacial score (nSPS) is 10.4. The number of ketones is 1. The van der Waals surface area contributed by atoms with Gasteiger partial charge in [-0.3, -0.25) is 4.79 Å². The summed E-state index contributed by atoms with van der Waals surface area (Å²) in [6.45, 7) is 4.06. The third-order valence-electron chi connectivity index (χ3n) is 1.90. The summed E-state index contributed by atoms with van der Waals surface area (Å²) in [5.41, 5.74) is 0.835. The molecule has 4 nitrogen and oxygen atoms in total. The van der Waals surface area contributed by atoms with E-state index < -0.39 is 0 Å². The number of aromatic nitrogens is 2. The zero-order valence-corrected chi connectivity index (χ0v) is 9.36. The molecule has 0 N–H and O–H groups in total. The van der Waals surface area contributed by atoms with Gasteiger partial charge in [-0.2, -0.15) is 0 Å². The summed E-state index contributed by atoms with van der Waals surface area (Å²) >= 11 is 0. The maximum atomic E-state index is 11.5. The highest BCUT2D eigenvalue weighted by atomic mass is 16.5. The molecule has 0 saturated heterocycles. The number of carbonyl (C=O) groups excluding carboxylic acids is 1. The number of carbonyl (C=O) groups is 1. The number of rotatable bonds is 5. The van der Waals surface area contributed by atoms with E-state index in [1.165, 1.54) is 7.11 Å². The molecule has 15 heavy (non-hydrogen) atoms. The molecular formula is C11H16N2O2. The van der Waals surface area contributed by atoms with Crippen LogP contribution >= 0.6 is 0 Å². The molecule has 1 aromatic rings. The molecular weight excluding hydrogens is 192 g/mol. The van der Waals surface area contributed by atoms with Crippen LogP contribution in [0.15, 0.2) is 12.4 Å². The van der Waals surface area contributed by atoms with Gasteiger partial charge in [-0.25, -0.2) is 9.97 Å². The highest BCUT2D eigenvalue weighted by molar-refractivity contribution is 5.80. The van der Waals surface area contributed by atoms with Gasteiger partial charge in [0.05, 0.1) is 7.11 Å². The van der Waals surface area contributed by atoms with Crippen molar-refractivity contribution in [3.63, 3.8) is 0 Å². The minimum Gasteiger partial charge on any atom is -0.467 e. The van der Waals surface area contributed by atoms with Crippen molar-refractivity contribution in [1.29, 1.82) is 0 Å². The Hall–Kier alpha value is -1.45.